The first-order valence-electron chi connectivity index (χ1n) is 18.5. The van der Waals surface area contributed by atoms with Crippen LogP contribution in [-0.2, 0) is 5.41 Å². The molecule has 1 aliphatic rings. The van der Waals surface area contributed by atoms with Crippen molar-refractivity contribution in [2.45, 2.75) is 19.3 Å². The average Bonchev–Trinajstić information content (AvgIpc) is 3.55. The van der Waals surface area contributed by atoms with Crippen LogP contribution >= 0.6 is 0 Å². The normalized spacial score (nSPS) is 13.6. The van der Waals surface area contributed by atoms with E-state index in [1.807, 2.05) is 0 Å². The van der Waals surface area contributed by atoms with E-state index in [9.17, 15) is 0 Å². The number of nitrogens with zero attached hydrogens (tertiary/aromatic N) is 2. The molecule has 0 amide bonds. The SMILES string of the molecule is CC1(C)c2ccc(-c3ccc4c(c3)c3ccccc3n4-c3ccccc3)cc2N(c2ccccc2)c2cc3c4ccccc4c4ccccc4c3cc21. The van der Waals surface area contributed by atoms with Crippen LogP contribution in [0.5, 0.6) is 0 Å². The molecule has 2 nitrogen and oxygen atoms in total. The summed E-state index contributed by atoms with van der Waals surface area (Å²) in [4.78, 5) is 2.50. The fourth-order valence-corrected chi connectivity index (χ4v) is 9.19. The minimum Gasteiger partial charge on any atom is -0.310 e. The van der Waals surface area contributed by atoms with Gasteiger partial charge in [-0.1, -0.05) is 135 Å². The van der Waals surface area contributed by atoms with Gasteiger partial charge in [0.15, 0.2) is 0 Å². The summed E-state index contributed by atoms with van der Waals surface area (Å²) in [6.45, 7) is 4.79. The third kappa shape index (κ3) is 4.33. The molecular weight excluding hydrogens is 641 g/mol. The Morgan fingerprint density at radius 2 is 0.830 bits per heavy atom. The number of hydrogen-bond donors (Lipinski definition) is 0. The van der Waals surface area contributed by atoms with Gasteiger partial charge < -0.3 is 9.47 Å². The second-order valence-corrected chi connectivity index (χ2v) is 15.0. The van der Waals surface area contributed by atoms with E-state index >= 15 is 0 Å². The molecule has 1 aliphatic heterocycles. The van der Waals surface area contributed by atoms with Gasteiger partial charge in [0.1, 0.15) is 0 Å². The average molecular weight is 677 g/mol. The zero-order chi connectivity index (χ0) is 35.3. The van der Waals surface area contributed by atoms with E-state index in [-0.39, 0.29) is 5.41 Å². The van der Waals surface area contributed by atoms with E-state index in [2.05, 4.69) is 205 Å². The quantitative estimate of drug-likeness (QED) is 0.169. The van der Waals surface area contributed by atoms with E-state index in [1.165, 1.54) is 93.4 Å². The van der Waals surface area contributed by atoms with Crippen LogP contribution in [0, 0.1) is 0 Å². The first-order valence-corrected chi connectivity index (χ1v) is 18.5. The Morgan fingerprint density at radius 1 is 0.340 bits per heavy atom. The van der Waals surface area contributed by atoms with Crippen molar-refractivity contribution in [1.82, 2.24) is 4.57 Å². The molecular formula is C51H36N2. The topological polar surface area (TPSA) is 8.17 Å². The van der Waals surface area contributed by atoms with Gasteiger partial charge in [0.05, 0.1) is 22.4 Å². The van der Waals surface area contributed by atoms with Gasteiger partial charge in [0, 0.05) is 27.6 Å². The summed E-state index contributed by atoms with van der Waals surface area (Å²) in [7, 11) is 0. The number of rotatable bonds is 3. The molecule has 1 aromatic heterocycles. The summed E-state index contributed by atoms with van der Waals surface area (Å²) in [6.07, 6.45) is 0. The molecule has 0 fully saturated rings. The van der Waals surface area contributed by atoms with Gasteiger partial charge in [0.25, 0.3) is 0 Å². The molecule has 0 saturated carbocycles. The second-order valence-electron chi connectivity index (χ2n) is 15.0. The highest BCUT2D eigenvalue weighted by molar-refractivity contribution is 6.26. The molecule has 0 aliphatic carbocycles. The Labute approximate surface area is 308 Å². The smallest absolute Gasteiger partial charge is 0.0541 e. The van der Waals surface area contributed by atoms with Gasteiger partial charge in [-0.3, -0.25) is 0 Å². The van der Waals surface area contributed by atoms with Crippen molar-refractivity contribution in [1.29, 1.82) is 0 Å². The largest absolute Gasteiger partial charge is 0.310 e. The Kier molecular flexibility index (Phi) is 6.33. The van der Waals surface area contributed by atoms with Crippen LogP contribution < -0.4 is 4.90 Å². The second kappa shape index (κ2) is 11.2. The highest BCUT2D eigenvalue weighted by Crippen LogP contribution is 2.54. The van der Waals surface area contributed by atoms with Crippen LogP contribution in [0.4, 0.5) is 17.1 Å². The number of benzene rings is 9. The van der Waals surface area contributed by atoms with E-state index in [0.717, 1.165) is 5.69 Å². The highest BCUT2D eigenvalue weighted by Gasteiger charge is 2.38. The molecule has 0 atom stereocenters. The van der Waals surface area contributed by atoms with Gasteiger partial charge in [-0.2, -0.15) is 0 Å². The van der Waals surface area contributed by atoms with E-state index in [1.54, 1.807) is 0 Å². The monoisotopic (exact) mass is 676 g/mol. The predicted molar refractivity (Wildman–Crippen MR) is 226 cm³/mol. The summed E-state index contributed by atoms with van der Waals surface area (Å²) in [5.41, 5.74) is 12.1. The van der Waals surface area contributed by atoms with Crippen LogP contribution in [0.1, 0.15) is 25.0 Å². The first kappa shape index (κ1) is 30.0. The fourth-order valence-electron chi connectivity index (χ4n) is 9.19. The Bertz CT molecular complexity index is 3080. The first-order chi connectivity index (χ1) is 26.1. The molecule has 2 heteroatoms. The molecule has 0 unspecified atom stereocenters. The molecule has 2 heterocycles. The molecule has 0 radical (unpaired) electrons. The van der Waals surface area contributed by atoms with Gasteiger partial charge >= 0.3 is 0 Å². The molecule has 0 spiro atoms. The lowest BCUT2D eigenvalue weighted by atomic mass is 9.72. The van der Waals surface area contributed by atoms with E-state index in [0.29, 0.717) is 0 Å². The summed E-state index contributed by atoms with van der Waals surface area (Å²) >= 11 is 0. The number of para-hydroxylation sites is 3. The highest BCUT2D eigenvalue weighted by atomic mass is 15.2. The van der Waals surface area contributed by atoms with Gasteiger partial charge in [0.2, 0.25) is 0 Å². The maximum atomic E-state index is 2.50. The molecule has 9 aromatic carbocycles. The van der Waals surface area contributed by atoms with Crippen LogP contribution in [0.3, 0.4) is 0 Å². The summed E-state index contributed by atoms with van der Waals surface area (Å²) < 4.78 is 2.38. The van der Waals surface area contributed by atoms with E-state index in [4.69, 9.17) is 0 Å². The molecule has 53 heavy (non-hydrogen) atoms. The zero-order valence-electron chi connectivity index (χ0n) is 29.7. The maximum Gasteiger partial charge on any atom is 0.0541 e. The van der Waals surface area contributed by atoms with E-state index < -0.39 is 0 Å². The zero-order valence-corrected chi connectivity index (χ0v) is 29.7. The summed E-state index contributed by atoms with van der Waals surface area (Å²) in [5, 5.41) is 10.3. The number of fused-ring (bicyclic) bond motifs is 11. The van der Waals surface area contributed by atoms with Crippen molar-refractivity contribution in [3.05, 3.63) is 193 Å². The van der Waals surface area contributed by atoms with Crippen molar-refractivity contribution in [3.8, 4) is 16.8 Å². The third-order valence-electron chi connectivity index (χ3n) is 11.7. The van der Waals surface area contributed by atoms with Crippen LogP contribution in [0.25, 0.3) is 70.9 Å². The van der Waals surface area contributed by atoms with Crippen LogP contribution in [0.15, 0.2) is 182 Å². The molecule has 11 rings (SSSR count). The standard InChI is InChI=1S/C51H36N2/c1-51(2)45-27-25-34(33-26-28-48-44(29-33)41-23-13-14-24-47(41)52(48)35-15-5-3-6-16-35)30-49(45)53(36-17-7-4-8-18-36)50-32-43-40-22-12-10-20-38(40)37-19-9-11-21-39(37)42(43)31-46(50)51/h3-32H,1-2H3. The lowest BCUT2D eigenvalue weighted by Crippen LogP contribution is -2.30. The van der Waals surface area contributed by atoms with Crippen molar-refractivity contribution < 1.29 is 0 Å². The summed E-state index contributed by atoms with van der Waals surface area (Å²) in [5.74, 6) is 0. The Hall–Kier alpha value is -6.64. The van der Waals surface area contributed by atoms with Crippen molar-refractivity contribution in [3.63, 3.8) is 0 Å². The Balaban J connectivity index is 1.16. The molecule has 0 saturated heterocycles. The molecule has 250 valence electrons. The number of anilines is 3. The van der Waals surface area contributed by atoms with Crippen molar-refractivity contribution in [2.24, 2.45) is 0 Å². The minimum absolute atomic E-state index is 0.234. The maximum absolute atomic E-state index is 2.50. The van der Waals surface area contributed by atoms with Gasteiger partial charge in [-0.25, -0.2) is 0 Å². The predicted octanol–water partition coefficient (Wildman–Crippen LogP) is 14.0. The number of hydrogen-bond acceptors (Lipinski definition) is 1. The molecule has 0 N–H and O–H groups in total. The third-order valence-corrected chi connectivity index (χ3v) is 11.7. The fraction of sp³-hybridized carbons (Fsp3) is 0.0588. The Morgan fingerprint density at radius 3 is 1.51 bits per heavy atom. The van der Waals surface area contributed by atoms with Crippen molar-refractivity contribution >= 4 is 71.2 Å². The summed E-state index contributed by atoms with van der Waals surface area (Å²) in [6, 6.07) is 67.2. The lowest BCUT2D eigenvalue weighted by molar-refractivity contribution is 0.633. The van der Waals surface area contributed by atoms with Gasteiger partial charge in [-0.05, 0) is 115 Å². The van der Waals surface area contributed by atoms with Gasteiger partial charge in [-0.15, -0.1) is 0 Å². The number of aromatic nitrogens is 1. The molecule has 10 aromatic rings. The van der Waals surface area contributed by atoms with Crippen LogP contribution in [-0.4, -0.2) is 4.57 Å². The molecule has 0 bridgehead atoms. The van der Waals surface area contributed by atoms with Crippen LogP contribution in [0.2, 0.25) is 0 Å². The minimum atomic E-state index is -0.234. The van der Waals surface area contributed by atoms with Crippen molar-refractivity contribution in [2.75, 3.05) is 4.90 Å². The lowest BCUT2D eigenvalue weighted by Gasteiger charge is -2.42.